The average Bonchev–Trinajstić information content (AvgIpc) is 2.71. The highest BCUT2D eigenvalue weighted by Gasteiger charge is 2.66. The third-order valence-electron chi connectivity index (χ3n) is 6.37. The third-order valence-corrected chi connectivity index (χ3v) is 6.37. The molecule has 2 aliphatic rings. The number of rotatable bonds is 5. The average molecular weight is 367 g/mol. The van der Waals surface area contributed by atoms with Crippen LogP contribution in [0.15, 0.2) is 65.7 Å². The fraction of sp³-hybridized carbons (Fsp3) is 0.409. The van der Waals surface area contributed by atoms with Crippen molar-refractivity contribution in [3.8, 4) is 0 Å². The number of fused-ring (bicyclic) bond motifs is 1. The van der Waals surface area contributed by atoms with Crippen LogP contribution in [0.3, 0.4) is 0 Å². The van der Waals surface area contributed by atoms with Crippen molar-refractivity contribution in [1.29, 1.82) is 0 Å². The number of halogens is 2. The van der Waals surface area contributed by atoms with E-state index >= 15 is 0 Å². The van der Waals surface area contributed by atoms with Crippen LogP contribution in [-0.4, -0.2) is 20.2 Å². The predicted molar refractivity (Wildman–Crippen MR) is 105 cm³/mol. The normalized spacial score (nSPS) is 30.3. The molecule has 0 spiro atoms. The quantitative estimate of drug-likeness (QED) is 0.514. The van der Waals surface area contributed by atoms with Crippen LogP contribution in [-0.2, 0) is 10.3 Å². The second-order valence-electron chi connectivity index (χ2n) is 7.54. The molecule has 2 saturated carbocycles. The molecule has 0 heterocycles. The van der Waals surface area contributed by atoms with Gasteiger partial charge in [-0.2, -0.15) is 0 Å². The van der Waals surface area contributed by atoms with Gasteiger partial charge in [-0.05, 0) is 35.8 Å². The molecule has 0 N–H and O–H groups in total. The minimum atomic E-state index is -2.82. The van der Waals surface area contributed by atoms with Crippen LogP contribution in [0.25, 0.3) is 0 Å². The molecule has 0 bridgehead atoms. The zero-order chi connectivity index (χ0) is 18.9. The van der Waals surface area contributed by atoms with E-state index in [0.717, 1.165) is 42.5 Å². The van der Waals surface area contributed by atoms with Gasteiger partial charge >= 0.3 is 7.47 Å². The molecule has 27 heavy (non-hydrogen) atoms. The maximum absolute atomic E-state index is 13.7. The van der Waals surface area contributed by atoms with E-state index < -0.39 is 13.1 Å². The van der Waals surface area contributed by atoms with E-state index in [1.54, 1.807) is 7.05 Å². The maximum atomic E-state index is 13.7. The summed E-state index contributed by atoms with van der Waals surface area (Å²) in [5.74, 6) is 0.274. The highest BCUT2D eigenvalue weighted by Crippen LogP contribution is 2.64. The molecule has 2 unspecified atom stereocenters. The number of aliphatic imine (C=N–C) groups is 1. The van der Waals surface area contributed by atoms with Crippen LogP contribution in [0.5, 0.6) is 0 Å². The van der Waals surface area contributed by atoms with Gasteiger partial charge in [-0.25, -0.2) is 0 Å². The van der Waals surface area contributed by atoms with E-state index in [0.29, 0.717) is 5.92 Å². The molecule has 0 aromatic heterocycles. The van der Waals surface area contributed by atoms with Gasteiger partial charge in [0.2, 0.25) is 0 Å². The van der Waals surface area contributed by atoms with Crippen molar-refractivity contribution in [1.82, 2.24) is 0 Å². The van der Waals surface area contributed by atoms with E-state index in [4.69, 9.17) is 4.65 Å². The lowest BCUT2D eigenvalue weighted by atomic mass is 9.45. The largest absolute Gasteiger partial charge is 0.721 e. The van der Waals surface area contributed by atoms with E-state index in [9.17, 15) is 8.63 Å². The standard InChI is InChI=1S/C22H24BF2NO/c1-26-21(16-10-4-2-5-11-16)20-18-14-8-9-15-19(18)22(20,27-23(24)25)17-12-6-3-7-13-17/h2-7,10-13,18-20H,8-9,14-15H2,1H3/t18?,19?,20-,22-/m0/s1. The van der Waals surface area contributed by atoms with Crippen LogP contribution < -0.4 is 0 Å². The van der Waals surface area contributed by atoms with E-state index in [1.165, 1.54) is 0 Å². The summed E-state index contributed by atoms with van der Waals surface area (Å²) < 4.78 is 32.9. The SMILES string of the molecule is CN=C(c1ccccc1)[C@@H]1C2CCCCC2[C@@]1(OB(F)F)c1ccccc1. The second kappa shape index (κ2) is 7.55. The zero-order valence-electron chi connectivity index (χ0n) is 15.5. The molecule has 4 atom stereocenters. The van der Waals surface area contributed by atoms with Gasteiger partial charge in [-0.3, -0.25) is 13.6 Å². The Balaban J connectivity index is 1.85. The fourth-order valence-electron chi connectivity index (χ4n) is 5.45. The van der Waals surface area contributed by atoms with Gasteiger partial charge in [0.15, 0.2) is 0 Å². The summed E-state index contributed by atoms with van der Waals surface area (Å²) in [5, 5.41) is 0. The second-order valence-corrected chi connectivity index (χ2v) is 7.54. The van der Waals surface area contributed by atoms with Crippen LogP contribution in [0.1, 0.15) is 36.8 Å². The lowest BCUT2D eigenvalue weighted by Gasteiger charge is -2.63. The van der Waals surface area contributed by atoms with E-state index in [2.05, 4.69) is 4.99 Å². The molecule has 2 nitrogen and oxygen atoms in total. The minimum Gasteiger partial charge on any atom is -0.368 e. The molecule has 2 aromatic rings. The van der Waals surface area contributed by atoms with Crippen LogP contribution in [0.2, 0.25) is 0 Å². The van der Waals surface area contributed by atoms with Crippen molar-refractivity contribution in [2.24, 2.45) is 22.7 Å². The molecular weight excluding hydrogens is 343 g/mol. The fourth-order valence-corrected chi connectivity index (χ4v) is 5.45. The first-order valence-electron chi connectivity index (χ1n) is 9.72. The van der Waals surface area contributed by atoms with Gasteiger partial charge < -0.3 is 4.65 Å². The van der Waals surface area contributed by atoms with Gasteiger partial charge in [0, 0.05) is 18.7 Å². The number of nitrogens with zero attached hydrogens (tertiary/aromatic N) is 1. The number of hydrogen-bond donors (Lipinski definition) is 0. The molecular formula is C22H24BF2NO. The Hall–Kier alpha value is -2.01. The Labute approximate surface area is 159 Å². The highest BCUT2D eigenvalue weighted by molar-refractivity contribution is 6.34. The summed E-state index contributed by atoms with van der Waals surface area (Å²) in [6.45, 7) is 0. The minimum absolute atomic E-state index is 0.105. The summed E-state index contributed by atoms with van der Waals surface area (Å²) in [4.78, 5) is 4.59. The first-order valence-corrected chi connectivity index (χ1v) is 9.72. The van der Waals surface area contributed by atoms with Crippen molar-refractivity contribution >= 4 is 13.2 Å². The zero-order valence-corrected chi connectivity index (χ0v) is 15.5. The molecule has 0 amide bonds. The van der Waals surface area contributed by atoms with E-state index in [-0.39, 0.29) is 11.8 Å². The molecule has 0 radical (unpaired) electrons. The van der Waals surface area contributed by atoms with Gasteiger partial charge in [-0.1, -0.05) is 73.5 Å². The number of benzene rings is 2. The van der Waals surface area contributed by atoms with Crippen LogP contribution in [0, 0.1) is 17.8 Å². The maximum Gasteiger partial charge on any atom is 0.721 e. The first-order chi connectivity index (χ1) is 13.2. The van der Waals surface area contributed by atoms with Crippen molar-refractivity contribution in [2.45, 2.75) is 31.3 Å². The molecule has 2 aliphatic carbocycles. The lowest BCUT2D eigenvalue weighted by Crippen LogP contribution is -2.66. The van der Waals surface area contributed by atoms with Crippen molar-refractivity contribution < 1.29 is 13.3 Å². The van der Waals surface area contributed by atoms with E-state index in [1.807, 2.05) is 60.7 Å². The lowest BCUT2D eigenvalue weighted by molar-refractivity contribution is -0.185. The molecule has 2 fully saturated rings. The molecule has 140 valence electrons. The first kappa shape index (κ1) is 18.4. The topological polar surface area (TPSA) is 21.6 Å². The summed E-state index contributed by atoms with van der Waals surface area (Å²) in [5.41, 5.74) is 1.71. The van der Waals surface area contributed by atoms with Crippen molar-refractivity contribution in [3.05, 3.63) is 71.8 Å². The monoisotopic (exact) mass is 367 g/mol. The molecule has 4 rings (SSSR count). The Morgan fingerprint density at radius 2 is 1.63 bits per heavy atom. The summed E-state index contributed by atoms with van der Waals surface area (Å²) in [6.07, 6.45) is 4.18. The third kappa shape index (κ3) is 3.02. The van der Waals surface area contributed by atoms with Gasteiger partial charge in [0.25, 0.3) is 0 Å². The Morgan fingerprint density at radius 3 is 2.26 bits per heavy atom. The van der Waals surface area contributed by atoms with Gasteiger partial charge in [0.05, 0.1) is 5.60 Å². The predicted octanol–water partition coefficient (Wildman–Crippen LogP) is 5.38. The Bertz CT molecular complexity index is 798. The van der Waals surface area contributed by atoms with Crippen LogP contribution in [0.4, 0.5) is 8.63 Å². The van der Waals surface area contributed by atoms with Crippen molar-refractivity contribution in [3.63, 3.8) is 0 Å². The van der Waals surface area contributed by atoms with Gasteiger partial charge in [0.1, 0.15) is 0 Å². The Kier molecular flexibility index (Phi) is 5.13. The Morgan fingerprint density at radius 1 is 1.00 bits per heavy atom. The molecule has 2 aromatic carbocycles. The smallest absolute Gasteiger partial charge is 0.368 e. The molecule has 0 saturated heterocycles. The summed E-state index contributed by atoms with van der Waals surface area (Å²) >= 11 is 0. The molecule has 0 aliphatic heterocycles. The molecule has 5 heteroatoms. The van der Waals surface area contributed by atoms with Gasteiger partial charge in [-0.15, -0.1) is 0 Å². The van der Waals surface area contributed by atoms with Crippen LogP contribution >= 0.6 is 0 Å². The summed E-state index contributed by atoms with van der Waals surface area (Å²) in [6, 6.07) is 19.5. The summed E-state index contributed by atoms with van der Waals surface area (Å²) in [7, 11) is -1.05. The van der Waals surface area contributed by atoms with Crippen molar-refractivity contribution in [2.75, 3.05) is 7.05 Å². The number of hydrogen-bond acceptors (Lipinski definition) is 2. The highest BCUT2D eigenvalue weighted by atomic mass is 19.2.